The van der Waals surface area contributed by atoms with Gasteiger partial charge in [0.2, 0.25) is 17.1 Å². The highest BCUT2D eigenvalue weighted by molar-refractivity contribution is 5.86. The number of phenolic OH excluding ortho intramolecular Hbond substituents is 1. The van der Waals surface area contributed by atoms with Crippen LogP contribution in [0.1, 0.15) is 40.7 Å². The number of carbonyl (C=O) groups is 1. The third-order valence-corrected chi connectivity index (χ3v) is 6.28. The van der Waals surface area contributed by atoms with Crippen LogP contribution in [0.3, 0.4) is 0 Å². The van der Waals surface area contributed by atoms with Gasteiger partial charge in [0.1, 0.15) is 11.5 Å². The maximum absolute atomic E-state index is 13.4. The van der Waals surface area contributed by atoms with E-state index in [1.165, 1.54) is 29.1 Å². The fourth-order valence-electron chi connectivity index (χ4n) is 4.67. The highest BCUT2D eigenvalue weighted by atomic mass is 16.4. The Morgan fingerprint density at radius 3 is 2.79 bits per heavy atom. The molecule has 7 nitrogen and oxygen atoms in total. The number of para-hydroxylation sites is 1. The number of hydrogen-bond donors (Lipinski definition) is 3. The molecule has 1 aliphatic heterocycles. The van der Waals surface area contributed by atoms with Crippen molar-refractivity contribution in [3.8, 4) is 11.5 Å². The summed E-state index contributed by atoms with van der Waals surface area (Å²) in [5.74, 6) is -0.968. The Kier molecular flexibility index (Phi) is 5.17. The number of H-pyrrole nitrogens is 1. The number of nitrogens with one attached hydrogen (secondary N) is 1. The normalized spacial score (nSPS) is 14.3. The Morgan fingerprint density at radius 1 is 1.15 bits per heavy atom. The van der Waals surface area contributed by atoms with Crippen LogP contribution in [0.5, 0.6) is 11.5 Å². The first-order valence-electron chi connectivity index (χ1n) is 10.9. The molecular weight excluding hydrogens is 420 g/mol. The average Bonchev–Trinajstić information content (AvgIpc) is 3.17. The quantitative estimate of drug-likeness (QED) is 0.442. The summed E-state index contributed by atoms with van der Waals surface area (Å²) in [5.41, 5.74) is 3.33. The van der Waals surface area contributed by atoms with Gasteiger partial charge in [0, 0.05) is 35.6 Å². The van der Waals surface area contributed by atoms with Gasteiger partial charge in [-0.2, -0.15) is 0 Å². The number of aryl methyl sites for hydroxylation is 1. The SMILES string of the molecule is Cc1cc(=O)c(O)c(C(CC(=O)N2CCc3c([nH]c4ccccc34)C2)c2cccc(O)c2)o1. The summed E-state index contributed by atoms with van der Waals surface area (Å²) < 4.78 is 5.72. The van der Waals surface area contributed by atoms with Gasteiger partial charge in [-0.25, -0.2) is 0 Å². The predicted molar refractivity (Wildman–Crippen MR) is 123 cm³/mol. The maximum atomic E-state index is 13.4. The van der Waals surface area contributed by atoms with E-state index in [0.29, 0.717) is 24.4 Å². The summed E-state index contributed by atoms with van der Waals surface area (Å²) in [5, 5.41) is 21.6. The number of hydrogen-bond acceptors (Lipinski definition) is 5. The minimum Gasteiger partial charge on any atom is -0.508 e. The Hall–Kier alpha value is -4.00. The van der Waals surface area contributed by atoms with Gasteiger partial charge in [-0.15, -0.1) is 0 Å². The van der Waals surface area contributed by atoms with Gasteiger partial charge in [-0.1, -0.05) is 30.3 Å². The van der Waals surface area contributed by atoms with E-state index in [0.717, 1.165) is 17.6 Å². The molecule has 5 rings (SSSR count). The van der Waals surface area contributed by atoms with Crippen molar-refractivity contribution in [3.05, 3.63) is 93.2 Å². The smallest absolute Gasteiger partial charge is 0.227 e. The molecule has 2 aromatic heterocycles. The number of amides is 1. The van der Waals surface area contributed by atoms with Crippen molar-refractivity contribution >= 4 is 16.8 Å². The van der Waals surface area contributed by atoms with Crippen LogP contribution in [0.2, 0.25) is 0 Å². The zero-order valence-corrected chi connectivity index (χ0v) is 18.2. The van der Waals surface area contributed by atoms with E-state index >= 15 is 0 Å². The molecule has 0 aliphatic carbocycles. The van der Waals surface area contributed by atoms with Crippen molar-refractivity contribution in [2.24, 2.45) is 0 Å². The molecule has 0 fully saturated rings. The molecule has 3 heterocycles. The fourth-order valence-corrected chi connectivity index (χ4v) is 4.67. The molecule has 0 radical (unpaired) electrons. The topological polar surface area (TPSA) is 107 Å². The number of phenols is 1. The Labute approximate surface area is 189 Å². The summed E-state index contributed by atoms with van der Waals surface area (Å²) in [6.07, 6.45) is 0.728. The van der Waals surface area contributed by atoms with Crippen LogP contribution >= 0.6 is 0 Å². The summed E-state index contributed by atoms with van der Waals surface area (Å²) in [6, 6.07) is 15.8. The van der Waals surface area contributed by atoms with E-state index < -0.39 is 17.1 Å². The van der Waals surface area contributed by atoms with Crippen LogP contribution < -0.4 is 5.43 Å². The van der Waals surface area contributed by atoms with Crippen LogP contribution in [-0.2, 0) is 17.8 Å². The van der Waals surface area contributed by atoms with Crippen LogP contribution in [-0.4, -0.2) is 32.5 Å². The molecule has 168 valence electrons. The summed E-state index contributed by atoms with van der Waals surface area (Å²) >= 11 is 0. The van der Waals surface area contributed by atoms with Crippen molar-refractivity contribution in [2.75, 3.05) is 6.54 Å². The molecule has 1 atom stereocenters. The first kappa shape index (κ1) is 20.9. The number of nitrogens with zero attached hydrogens (tertiary/aromatic N) is 1. The Bertz CT molecular complexity index is 1420. The minimum atomic E-state index is -0.721. The van der Waals surface area contributed by atoms with Gasteiger partial charge >= 0.3 is 0 Å². The molecule has 7 heteroatoms. The van der Waals surface area contributed by atoms with E-state index in [1.54, 1.807) is 24.0 Å². The number of rotatable bonds is 4. The Morgan fingerprint density at radius 2 is 1.97 bits per heavy atom. The fraction of sp³-hybridized carbons (Fsp3) is 0.231. The van der Waals surface area contributed by atoms with Crippen LogP contribution in [0.15, 0.2) is 63.8 Å². The number of benzene rings is 2. The number of aromatic hydroxyl groups is 2. The molecule has 1 aliphatic rings. The van der Waals surface area contributed by atoms with E-state index in [4.69, 9.17) is 4.42 Å². The molecule has 2 aromatic carbocycles. The molecule has 33 heavy (non-hydrogen) atoms. The van der Waals surface area contributed by atoms with Crippen molar-refractivity contribution in [1.82, 2.24) is 9.88 Å². The molecule has 0 bridgehead atoms. The molecule has 0 spiro atoms. The largest absolute Gasteiger partial charge is 0.508 e. The number of aromatic nitrogens is 1. The summed E-state index contributed by atoms with van der Waals surface area (Å²) in [4.78, 5) is 30.8. The maximum Gasteiger partial charge on any atom is 0.227 e. The molecule has 3 N–H and O–H groups in total. The number of fused-ring (bicyclic) bond motifs is 3. The lowest BCUT2D eigenvalue weighted by Gasteiger charge is -2.29. The number of carbonyl (C=O) groups excluding carboxylic acids is 1. The van der Waals surface area contributed by atoms with E-state index in [9.17, 15) is 19.8 Å². The lowest BCUT2D eigenvalue weighted by molar-refractivity contribution is -0.132. The van der Waals surface area contributed by atoms with Crippen LogP contribution in [0.4, 0.5) is 0 Å². The molecular formula is C26H24N2O5. The van der Waals surface area contributed by atoms with Gasteiger partial charge < -0.3 is 24.5 Å². The highest BCUT2D eigenvalue weighted by Gasteiger charge is 2.30. The molecule has 0 saturated carbocycles. The average molecular weight is 444 g/mol. The van der Waals surface area contributed by atoms with Crippen LogP contribution in [0, 0.1) is 6.92 Å². The zero-order valence-electron chi connectivity index (χ0n) is 18.2. The first-order chi connectivity index (χ1) is 15.9. The third kappa shape index (κ3) is 3.86. The van der Waals surface area contributed by atoms with Crippen LogP contribution in [0.25, 0.3) is 10.9 Å². The standard InChI is InChI=1S/C26H24N2O5/c1-15-11-23(30)25(32)26(33-15)20(16-5-4-6-17(29)12-16)13-24(31)28-10-9-19-18-7-2-3-8-21(18)27-22(19)14-28/h2-8,11-12,20,27,29,32H,9-10,13-14H2,1H3. The van der Waals surface area contributed by atoms with Gasteiger partial charge in [0.25, 0.3) is 0 Å². The van der Waals surface area contributed by atoms with E-state index in [2.05, 4.69) is 11.1 Å². The minimum absolute atomic E-state index is 0.0149. The molecule has 0 saturated heterocycles. The summed E-state index contributed by atoms with van der Waals surface area (Å²) in [7, 11) is 0. The first-order valence-corrected chi connectivity index (χ1v) is 10.9. The second-order valence-electron chi connectivity index (χ2n) is 8.48. The lowest BCUT2D eigenvalue weighted by atomic mass is 9.91. The monoisotopic (exact) mass is 444 g/mol. The van der Waals surface area contributed by atoms with Crippen molar-refractivity contribution < 1.29 is 19.4 Å². The van der Waals surface area contributed by atoms with Gasteiger partial charge in [0.15, 0.2) is 5.76 Å². The zero-order chi connectivity index (χ0) is 23.1. The van der Waals surface area contributed by atoms with Gasteiger partial charge in [-0.3, -0.25) is 9.59 Å². The second kappa shape index (κ2) is 8.16. The van der Waals surface area contributed by atoms with E-state index in [1.807, 2.05) is 18.2 Å². The van der Waals surface area contributed by atoms with Crippen molar-refractivity contribution in [1.29, 1.82) is 0 Å². The van der Waals surface area contributed by atoms with Gasteiger partial charge in [0.05, 0.1) is 12.5 Å². The lowest BCUT2D eigenvalue weighted by Crippen LogP contribution is -2.36. The number of aromatic amines is 1. The highest BCUT2D eigenvalue weighted by Crippen LogP contribution is 2.35. The molecule has 4 aromatic rings. The van der Waals surface area contributed by atoms with Crippen molar-refractivity contribution in [2.45, 2.75) is 32.2 Å². The molecule has 1 amide bonds. The Balaban J connectivity index is 1.47. The van der Waals surface area contributed by atoms with Crippen molar-refractivity contribution in [3.63, 3.8) is 0 Å². The van der Waals surface area contributed by atoms with Gasteiger partial charge in [-0.05, 0) is 42.7 Å². The second-order valence-corrected chi connectivity index (χ2v) is 8.48. The third-order valence-electron chi connectivity index (χ3n) is 6.28. The van der Waals surface area contributed by atoms with E-state index in [-0.39, 0.29) is 23.8 Å². The molecule has 1 unspecified atom stereocenters. The predicted octanol–water partition coefficient (Wildman–Crippen LogP) is 3.95. The summed E-state index contributed by atoms with van der Waals surface area (Å²) in [6.45, 7) is 2.65.